The molecule has 222 valence electrons. The van der Waals surface area contributed by atoms with Crippen molar-refractivity contribution in [3.63, 3.8) is 0 Å². The smallest absolute Gasteiger partial charge is 0.234 e. The van der Waals surface area contributed by atoms with Gasteiger partial charge < -0.3 is 20.1 Å². The van der Waals surface area contributed by atoms with Gasteiger partial charge in [0.2, 0.25) is 5.91 Å². The molecular formula is C34H41ClN4O3. The van der Waals surface area contributed by atoms with E-state index in [2.05, 4.69) is 32.2 Å². The van der Waals surface area contributed by atoms with Crippen LogP contribution in [-0.4, -0.2) is 64.6 Å². The fraction of sp³-hybridized carbons (Fsp3) is 0.412. The van der Waals surface area contributed by atoms with E-state index in [4.69, 9.17) is 16.3 Å². The average Bonchev–Trinajstić information content (AvgIpc) is 3.38. The number of aromatic nitrogens is 1. The van der Waals surface area contributed by atoms with Crippen LogP contribution in [0.15, 0.2) is 66.9 Å². The van der Waals surface area contributed by atoms with Gasteiger partial charge in [-0.1, -0.05) is 41.9 Å². The molecule has 8 heteroatoms. The summed E-state index contributed by atoms with van der Waals surface area (Å²) in [5.41, 5.74) is 5.09. The van der Waals surface area contributed by atoms with Crippen LogP contribution in [0.4, 0.5) is 0 Å². The number of likely N-dealkylation sites (tertiary alicyclic amines) is 1. The molecule has 42 heavy (non-hydrogen) atoms. The molecule has 2 aliphatic heterocycles. The summed E-state index contributed by atoms with van der Waals surface area (Å²) in [6.45, 7) is 10.5. The van der Waals surface area contributed by atoms with E-state index in [1.165, 1.54) is 0 Å². The standard InChI is InChI=1S/C34H41ClN4O3/c1-4-36-33(40)22-39(20-24-9-12-26(35)13-10-24)27-15-18-38(21-27)17-6-8-28-29-7-5-16-37-31(29)23-42-32-14-11-25(19-30(28)32)34(2,3)41/h5,7-14,16,19,27,41H,4,6,15,17-18,20-23H2,1-3H3,(H,36,40). The van der Waals surface area contributed by atoms with E-state index < -0.39 is 5.60 Å². The molecule has 3 heterocycles. The van der Waals surface area contributed by atoms with Gasteiger partial charge >= 0.3 is 0 Å². The van der Waals surface area contributed by atoms with Crippen molar-refractivity contribution >= 4 is 23.1 Å². The van der Waals surface area contributed by atoms with Gasteiger partial charge in [0.05, 0.1) is 17.8 Å². The fourth-order valence-electron chi connectivity index (χ4n) is 5.84. The zero-order valence-electron chi connectivity index (χ0n) is 24.8. The zero-order valence-corrected chi connectivity index (χ0v) is 25.5. The van der Waals surface area contributed by atoms with Crippen LogP contribution in [0.5, 0.6) is 5.75 Å². The van der Waals surface area contributed by atoms with E-state index in [9.17, 15) is 9.90 Å². The molecule has 0 radical (unpaired) electrons. The van der Waals surface area contributed by atoms with Crippen LogP contribution >= 0.6 is 11.6 Å². The number of nitrogens with one attached hydrogen (secondary N) is 1. The Morgan fingerprint density at radius 2 is 2.02 bits per heavy atom. The largest absolute Gasteiger partial charge is 0.487 e. The molecule has 0 saturated carbocycles. The quantitative estimate of drug-likeness (QED) is 0.331. The summed E-state index contributed by atoms with van der Waals surface area (Å²) in [5.74, 6) is 0.860. The number of hydrogen-bond acceptors (Lipinski definition) is 6. The van der Waals surface area contributed by atoms with E-state index in [0.717, 1.165) is 71.7 Å². The summed E-state index contributed by atoms with van der Waals surface area (Å²) >= 11 is 6.11. The molecule has 5 rings (SSSR count). The number of hydrogen-bond donors (Lipinski definition) is 2. The third kappa shape index (κ3) is 7.39. The molecule has 1 amide bonds. The van der Waals surface area contributed by atoms with Gasteiger partial charge in [-0.25, -0.2) is 0 Å². The number of amides is 1. The lowest BCUT2D eigenvalue weighted by Crippen LogP contribution is -2.43. The lowest BCUT2D eigenvalue weighted by molar-refractivity contribution is -0.122. The van der Waals surface area contributed by atoms with E-state index in [0.29, 0.717) is 37.3 Å². The lowest BCUT2D eigenvalue weighted by Gasteiger charge is -2.28. The second kappa shape index (κ2) is 13.4. The third-order valence-corrected chi connectivity index (χ3v) is 8.35. The molecule has 0 bridgehead atoms. The highest BCUT2D eigenvalue weighted by Crippen LogP contribution is 2.38. The van der Waals surface area contributed by atoms with Crippen molar-refractivity contribution in [3.05, 3.63) is 99.8 Å². The van der Waals surface area contributed by atoms with Gasteiger partial charge in [0.1, 0.15) is 12.4 Å². The molecule has 2 aromatic carbocycles. The van der Waals surface area contributed by atoms with Crippen LogP contribution in [0.3, 0.4) is 0 Å². The molecule has 0 spiro atoms. The number of fused-ring (bicyclic) bond motifs is 2. The maximum Gasteiger partial charge on any atom is 0.234 e. The van der Waals surface area contributed by atoms with Crippen LogP contribution in [-0.2, 0) is 23.5 Å². The van der Waals surface area contributed by atoms with Gasteiger partial charge in [0.15, 0.2) is 0 Å². The summed E-state index contributed by atoms with van der Waals surface area (Å²) < 4.78 is 6.16. The Balaban J connectivity index is 1.32. The molecule has 7 nitrogen and oxygen atoms in total. The number of ether oxygens (including phenoxy) is 1. The van der Waals surface area contributed by atoms with Gasteiger partial charge in [-0.3, -0.25) is 14.7 Å². The van der Waals surface area contributed by atoms with E-state index in [1.54, 1.807) is 20.0 Å². The summed E-state index contributed by atoms with van der Waals surface area (Å²) in [5, 5.41) is 14.4. The Morgan fingerprint density at radius 3 is 2.79 bits per heavy atom. The maximum atomic E-state index is 12.6. The Morgan fingerprint density at radius 1 is 1.21 bits per heavy atom. The lowest BCUT2D eigenvalue weighted by atomic mass is 9.90. The number of carbonyl (C=O) groups is 1. The second-order valence-corrected chi connectivity index (χ2v) is 12.1. The molecule has 3 aromatic rings. The number of rotatable bonds is 10. The van der Waals surface area contributed by atoms with Crippen LogP contribution < -0.4 is 10.1 Å². The number of aliphatic hydroxyl groups is 1. The van der Waals surface area contributed by atoms with Gasteiger partial charge in [0.25, 0.3) is 0 Å². The topological polar surface area (TPSA) is 77.9 Å². The van der Waals surface area contributed by atoms with E-state index in [1.807, 2.05) is 55.5 Å². The predicted molar refractivity (Wildman–Crippen MR) is 167 cm³/mol. The molecule has 2 N–H and O–H groups in total. The van der Waals surface area contributed by atoms with Crippen molar-refractivity contribution in [1.29, 1.82) is 0 Å². The highest BCUT2D eigenvalue weighted by atomic mass is 35.5. The molecular weight excluding hydrogens is 548 g/mol. The Hall–Kier alpha value is -3.23. The van der Waals surface area contributed by atoms with Crippen molar-refractivity contribution in [2.45, 2.75) is 58.4 Å². The number of carbonyl (C=O) groups excluding carboxylic acids is 1. The summed E-state index contributed by atoms with van der Waals surface area (Å²) in [7, 11) is 0. The van der Waals surface area contributed by atoms with Crippen molar-refractivity contribution in [2.24, 2.45) is 0 Å². The summed E-state index contributed by atoms with van der Waals surface area (Å²) in [4.78, 5) is 22.0. The van der Waals surface area contributed by atoms with E-state index in [-0.39, 0.29) is 5.91 Å². The minimum atomic E-state index is -0.958. The zero-order chi connectivity index (χ0) is 29.7. The first-order chi connectivity index (χ1) is 20.2. The second-order valence-electron chi connectivity index (χ2n) is 11.7. The molecule has 1 atom stereocenters. The Kier molecular flexibility index (Phi) is 9.63. The number of nitrogens with zero attached hydrogens (tertiary/aromatic N) is 3. The number of benzene rings is 2. The van der Waals surface area contributed by atoms with Crippen molar-refractivity contribution < 1.29 is 14.6 Å². The van der Waals surface area contributed by atoms with Crippen LogP contribution in [0, 0.1) is 0 Å². The van der Waals surface area contributed by atoms with Crippen molar-refractivity contribution in [1.82, 2.24) is 20.1 Å². The summed E-state index contributed by atoms with van der Waals surface area (Å²) in [6.07, 6.45) is 5.96. The highest BCUT2D eigenvalue weighted by molar-refractivity contribution is 6.30. The molecule has 2 aliphatic rings. The van der Waals surface area contributed by atoms with Gasteiger partial charge in [0, 0.05) is 54.6 Å². The van der Waals surface area contributed by atoms with Crippen LogP contribution in [0.25, 0.3) is 5.57 Å². The maximum absolute atomic E-state index is 12.6. The van der Waals surface area contributed by atoms with Crippen LogP contribution in [0.2, 0.25) is 5.02 Å². The molecule has 0 aliphatic carbocycles. The first-order valence-corrected chi connectivity index (χ1v) is 15.2. The highest BCUT2D eigenvalue weighted by Gasteiger charge is 2.29. The first-order valence-electron chi connectivity index (χ1n) is 14.8. The van der Waals surface area contributed by atoms with Crippen molar-refractivity contribution in [3.8, 4) is 5.75 Å². The summed E-state index contributed by atoms with van der Waals surface area (Å²) in [6, 6.07) is 18.2. The van der Waals surface area contributed by atoms with E-state index >= 15 is 0 Å². The average molecular weight is 589 g/mol. The molecule has 1 aromatic heterocycles. The molecule has 1 unspecified atom stereocenters. The minimum absolute atomic E-state index is 0.0570. The fourth-order valence-corrected chi connectivity index (χ4v) is 5.96. The van der Waals surface area contributed by atoms with Gasteiger partial charge in [-0.15, -0.1) is 0 Å². The Labute approximate surface area is 254 Å². The predicted octanol–water partition coefficient (Wildman–Crippen LogP) is 5.39. The molecule has 1 saturated heterocycles. The normalized spacial score (nSPS) is 18.0. The van der Waals surface area contributed by atoms with Crippen LogP contribution in [0.1, 0.15) is 61.6 Å². The number of pyridine rings is 1. The number of halogens is 1. The van der Waals surface area contributed by atoms with Gasteiger partial charge in [-0.05, 0) is 87.2 Å². The van der Waals surface area contributed by atoms with Gasteiger partial charge in [-0.2, -0.15) is 0 Å². The SMILES string of the molecule is CCNC(=O)CN(Cc1ccc(Cl)cc1)C1CCN(CCC=C2c3cc(C(C)(C)O)ccc3OCc3ncccc32)C1. The minimum Gasteiger partial charge on any atom is -0.487 e. The Bertz CT molecular complexity index is 1420. The molecule has 1 fully saturated rings. The van der Waals surface area contributed by atoms with Crippen molar-refractivity contribution in [2.75, 3.05) is 32.7 Å². The first kappa shape index (κ1) is 30.2. The number of likely N-dealkylation sites (N-methyl/N-ethyl adjacent to an activating group) is 1. The third-order valence-electron chi connectivity index (χ3n) is 8.10. The monoisotopic (exact) mass is 588 g/mol.